The number of carbonyl (C=O) groups excluding carboxylic acids is 1. The molecule has 0 aliphatic carbocycles. The predicted octanol–water partition coefficient (Wildman–Crippen LogP) is 1.74. The Morgan fingerprint density at radius 1 is 1.32 bits per heavy atom. The van der Waals surface area contributed by atoms with E-state index in [0.29, 0.717) is 0 Å². The molecule has 0 bridgehead atoms. The van der Waals surface area contributed by atoms with Crippen LogP contribution in [0.25, 0.3) is 0 Å². The molecule has 2 N–H and O–H groups in total. The van der Waals surface area contributed by atoms with Crippen LogP contribution in [-0.2, 0) is 14.8 Å². The molecule has 1 aromatic rings. The molecule has 106 valence electrons. The second-order valence-electron chi connectivity index (χ2n) is 5.13. The van der Waals surface area contributed by atoms with E-state index in [0.717, 1.165) is 12.1 Å². The van der Waals surface area contributed by atoms with E-state index in [2.05, 4.69) is 0 Å². The van der Waals surface area contributed by atoms with E-state index in [4.69, 9.17) is 9.88 Å². The zero-order chi connectivity index (χ0) is 15.0. The lowest BCUT2D eigenvalue weighted by atomic mass is 10.1. The predicted molar refractivity (Wildman–Crippen MR) is 67.7 cm³/mol. The first kappa shape index (κ1) is 15.6. The lowest BCUT2D eigenvalue weighted by molar-refractivity contribution is 0.00687. The largest absolute Gasteiger partial charge is 0.456 e. The number of ether oxygens (including phenoxy) is 1. The van der Waals surface area contributed by atoms with Crippen LogP contribution in [0.3, 0.4) is 0 Å². The minimum Gasteiger partial charge on any atom is -0.456 e. The fourth-order valence-corrected chi connectivity index (χ4v) is 2.22. The Bertz CT molecular complexity index is 617. The molecule has 5 nitrogen and oxygen atoms in total. The molecule has 1 rings (SSSR count). The molecular weight excluding hydrogens is 273 g/mol. The quantitative estimate of drug-likeness (QED) is 0.840. The average Bonchev–Trinajstić information content (AvgIpc) is 2.17. The summed E-state index contributed by atoms with van der Waals surface area (Å²) >= 11 is 0. The molecule has 0 radical (unpaired) electrons. The van der Waals surface area contributed by atoms with Gasteiger partial charge in [-0.25, -0.2) is 22.7 Å². The molecule has 19 heavy (non-hydrogen) atoms. The average molecular weight is 289 g/mol. The molecule has 1 aromatic carbocycles. The molecule has 0 aliphatic heterocycles. The zero-order valence-electron chi connectivity index (χ0n) is 11.2. The number of rotatable bonds is 2. The van der Waals surface area contributed by atoms with Gasteiger partial charge < -0.3 is 4.74 Å². The second kappa shape index (κ2) is 4.90. The van der Waals surface area contributed by atoms with Crippen molar-refractivity contribution in [3.05, 3.63) is 29.1 Å². The van der Waals surface area contributed by atoms with Gasteiger partial charge in [-0.15, -0.1) is 0 Å². The number of primary sulfonamides is 1. The van der Waals surface area contributed by atoms with Crippen molar-refractivity contribution in [2.75, 3.05) is 0 Å². The summed E-state index contributed by atoms with van der Waals surface area (Å²) in [7, 11) is -4.10. The van der Waals surface area contributed by atoms with Crippen molar-refractivity contribution >= 4 is 16.0 Å². The van der Waals surface area contributed by atoms with Crippen LogP contribution in [0.1, 0.15) is 36.7 Å². The van der Waals surface area contributed by atoms with E-state index in [1.165, 1.54) is 6.92 Å². The van der Waals surface area contributed by atoms with E-state index in [9.17, 15) is 17.6 Å². The van der Waals surface area contributed by atoms with Crippen molar-refractivity contribution in [1.82, 2.24) is 0 Å². The topological polar surface area (TPSA) is 86.5 Å². The third kappa shape index (κ3) is 4.00. The highest BCUT2D eigenvalue weighted by atomic mass is 32.2. The molecule has 0 heterocycles. The first-order valence-electron chi connectivity index (χ1n) is 5.48. The number of halogens is 1. The summed E-state index contributed by atoms with van der Waals surface area (Å²) in [4.78, 5) is 11.4. The number of hydrogen-bond acceptors (Lipinski definition) is 4. The van der Waals surface area contributed by atoms with Crippen LogP contribution in [0.5, 0.6) is 0 Å². The third-order valence-corrected chi connectivity index (χ3v) is 3.27. The van der Waals surface area contributed by atoms with Crippen molar-refractivity contribution in [3.8, 4) is 0 Å². The van der Waals surface area contributed by atoms with Crippen LogP contribution in [0.4, 0.5) is 4.39 Å². The van der Waals surface area contributed by atoms with Crippen LogP contribution in [-0.4, -0.2) is 20.0 Å². The molecule has 0 amide bonds. The molecule has 0 aliphatic rings. The minimum atomic E-state index is -4.10. The van der Waals surface area contributed by atoms with Gasteiger partial charge in [-0.3, -0.25) is 0 Å². The lowest BCUT2D eigenvalue weighted by Gasteiger charge is -2.19. The zero-order valence-corrected chi connectivity index (χ0v) is 12.0. The van der Waals surface area contributed by atoms with Crippen molar-refractivity contribution in [2.45, 2.75) is 38.2 Å². The monoisotopic (exact) mass is 289 g/mol. The number of hydrogen-bond donors (Lipinski definition) is 1. The van der Waals surface area contributed by atoms with Gasteiger partial charge in [-0.1, -0.05) is 0 Å². The molecule has 7 heteroatoms. The van der Waals surface area contributed by atoms with Gasteiger partial charge in [0.15, 0.2) is 0 Å². The van der Waals surface area contributed by atoms with Gasteiger partial charge in [0.25, 0.3) is 0 Å². The van der Waals surface area contributed by atoms with Crippen LogP contribution in [0, 0.1) is 12.7 Å². The smallest absolute Gasteiger partial charge is 0.338 e. The van der Waals surface area contributed by atoms with Crippen LogP contribution in [0.15, 0.2) is 17.0 Å². The molecule has 0 fully saturated rings. The van der Waals surface area contributed by atoms with Gasteiger partial charge in [-0.2, -0.15) is 0 Å². The fraction of sp³-hybridized carbons (Fsp3) is 0.417. The maximum Gasteiger partial charge on any atom is 0.338 e. The van der Waals surface area contributed by atoms with Crippen molar-refractivity contribution < 1.29 is 22.3 Å². The molecule has 0 unspecified atom stereocenters. The summed E-state index contributed by atoms with van der Waals surface area (Å²) in [5.74, 6) is -1.64. The Morgan fingerprint density at radius 2 is 1.84 bits per heavy atom. The van der Waals surface area contributed by atoms with Gasteiger partial charge in [-0.05, 0) is 39.8 Å². The summed E-state index contributed by atoms with van der Waals surface area (Å²) in [5, 5.41) is 4.98. The number of sulfonamides is 1. The Hall–Kier alpha value is -1.47. The van der Waals surface area contributed by atoms with Gasteiger partial charge in [0.2, 0.25) is 10.0 Å². The highest BCUT2D eigenvalue weighted by molar-refractivity contribution is 7.89. The lowest BCUT2D eigenvalue weighted by Crippen LogP contribution is -2.24. The standard InChI is InChI=1S/C12H16FNO4S/c1-7-9(13)5-8(6-10(7)19(14,16)17)11(15)18-12(2,3)4/h5-6H,1-4H3,(H2,14,16,17). The first-order valence-corrected chi connectivity index (χ1v) is 7.03. The van der Waals surface area contributed by atoms with Gasteiger partial charge in [0.05, 0.1) is 10.5 Å². The van der Waals surface area contributed by atoms with Gasteiger partial charge >= 0.3 is 5.97 Å². The van der Waals surface area contributed by atoms with Crippen molar-refractivity contribution in [3.63, 3.8) is 0 Å². The molecule has 0 spiro atoms. The van der Waals surface area contributed by atoms with E-state index in [-0.39, 0.29) is 11.1 Å². The Morgan fingerprint density at radius 3 is 2.26 bits per heavy atom. The highest BCUT2D eigenvalue weighted by Crippen LogP contribution is 2.21. The Kier molecular flexibility index (Phi) is 4.02. The van der Waals surface area contributed by atoms with Crippen LogP contribution in [0.2, 0.25) is 0 Å². The maximum atomic E-state index is 13.6. The van der Waals surface area contributed by atoms with Gasteiger partial charge in [0.1, 0.15) is 11.4 Å². The fourth-order valence-electron chi connectivity index (χ4n) is 1.40. The van der Waals surface area contributed by atoms with Crippen molar-refractivity contribution in [2.24, 2.45) is 5.14 Å². The van der Waals surface area contributed by atoms with Crippen molar-refractivity contribution in [1.29, 1.82) is 0 Å². The number of nitrogens with two attached hydrogens (primary N) is 1. The Balaban J connectivity index is 3.33. The summed E-state index contributed by atoms with van der Waals surface area (Å²) in [6, 6.07) is 1.94. The second-order valence-corrected chi connectivity index (χ2v) is 6.66. The summed E-state index contributed by atoms with van der Waals surface area (Å²) in [5.41, 5.74) is -1.09. The minimum absolute atomic E-state index is 0.130. The number of esters is 1. The normalized spacial score (nSPS) is 12.3. The highest BCUT2D eigenvalue weighted by Gasteiger charge is 2.22. The number of benzene rings is 1. The van der Waals surface area contributed by atoms with Crippen LogP contribution >= 0.6 is 0 Å². The summed E-state index contributed by atoms with van der Waals surface area (Å²) in [6.45, 7) is 6.22. The first-order chi connectivity index (χ1) is 8.42. The van der Waals surface area contributed by atoms with E-state index >= 15 is 0 Å². The molecule has 0 aromatic heterocycles. The van der Waals surface area contributed by atoms with E-state index < -0.39 is 32.3 Å². The summed E-state index contributed by atoms with van der Waals surface area (Å²) < 4.78 is 41.3. The van der Waals surface area contributed by atoms with E-state index in [1.807, 2.05) is 0 Å². The van der Waals surface area contributed by atoms with Crippen LogP contribution < -0.4 is 5.14 Å². The third-order valence-electron chi connectivity index (χ3n) is 2.24. The Labute approximate surface area is 111 Å². The maximum absolute atomic E-state index is 13.6. The van der Waals surface area contributed by atoms with E-state index in [1.54, 1.807) is 20.8 Å². The van der Waals surface area contributed by atoms with Gasteiger partial charge in [0, 0.05) is 5.56 Å². The molecule has 0 saturated carbocycles. The SMILES string of the molecule is Cc1c(F)cc(C(=O)OC(C)(C)C)cc1S(N)(=O)=O. The molecule has 0 atom stereocenters. The molecular formula is C12H16FNO4S. The molecule has 0 saturated heterocycles. The number of carbonyl (C=O) groups is 1. The summed E-state index contributed by atoms with van der Waals surface area (Å²) in [6.07, 6.45) is 0.